The Labute approximate surface area is 154 Å². The molecule has 138 valence electrons. The average molecular weight is 397 g/mol. The Balaban J connectivity index is 1.97. The summed E-state index contributed by atoms with van der Waals surface area (Å²) in [4.78, 5) is 4.14. The highest BCUT2D eigenvalue weighted by molar-refractivity contribution is 8.13. The van der Waals surface area contributed by atoms with Crippen molar-refractivity contribution in [2.75, 3.05) is 10.5 Å². The molecule has 0 aromatic heterocycles. The van der Waals surface area contributed by atoms with Crippen molar-refractivity contribution >= 4 is 32.6 Å². The smallest absolute Gasteiger partial charge is 0.262 e. The number of hydrogen-bond acceptors (Lipinski definition) is 5. The van der Waals surface area contributed by atoms with Gasteiger partial charge in [0.1, 0.15) is 11.6 Å². The van der Waals surface area contributed by atoms with Crippen LogP contribution >= 0.6 is 11.8 Å². The van der Waals surface area contributed by atoms with Gasteiger partial charge in [-0.25, -0.2) is 17.2 Å². The Morgan fingerprint density at radius 2 is 2.00 bits per heavy atom. The number of aliphatic imine (C=N–C) groups is 1. The molecule has 0 saturated heterocycles. The van der Waals surface area contributed by atoms with Gasteiger partial charge in [-0.3, -0.25) is 9.71 Å². The van der Waals surface area contributed by atoms with Crippen LogP contribution in [0.25, 0.3) is 0 Å². The molecule has 0 aliphatic carbocycles. The third-order valence-corrected chi connectivity index (χ3v) is 6.29. The van der Waals surface area contributed by atoms with E-state index in [0.717, 1.165) is 17.9 Å². The van der Waals surface area contributed by atoms with Gasteiger partial charge in [-0.2, -0.15) is 0 Å². The molecule has 1 atom stereocenters. The summed E-state index contributed by atoms with van der Waals surface area (Å²) in [6.45, 7) is 1.86. The minimum Gasteiger partial charge on any atom is -0.379 e. The molecule has 9 heteroatoms. The monoisotopic (exact) mass is 397 g/mol. The lowest BCUT2D eigenvalue weighted by Crippen LogP contribution is -2.29. The van der Waals surface area contributed by atoms with Crippen LogP contribution in [0.1, 0.15) is 18.9 Å². The molecular weight excluding hydrogens is 380 g/mol. The number of nitrogens with two attached hydrogens (primary N) is 1. The highest BCUT2D eigenvalue weighted by Gasteiger charge is 2.30. The second-order valence-corrected chi connectivity index (χ2v) is 8.88. The minimum absolute atomic E-state index is 0.222. The summed E-state index contributed by atoms with van der Waals surface area (Å²) in [5.74, 6) is -0.674. The zero-order valence-electron chi connectivity index (χ0n) is 13.9. The molecule has 1 unspecified atom stereocenters. The van der Waals surface area contributed by atoms with Gasteiger partial charge in [-0.1, -0.05) is 23.9 Å². The number of halogens is 2. The van der Waals surface area contributed by atoms with E-state index >= 15 is 0 Å². The van der Waals surface area contributed by atoms with E-state index in [1.807, 2.05) is 6.92 Å². The number of thioether (sulfide) groups is 1. The number of anilines is 1. The maximum atomic E-state index is 14.2. The van der Waals surface area contributed by atoms with Gasteiger partial charge in [0.2, 0.25) is 0 Å². The minimum atomic E-state index is -4.13. The van der Waals surface area contributed by atoms with Crippen LogP contribution in [0.15, 0.2) is 52.4 Å². The van der Waals surface area contributed by atoms with Crippen LogP contribution in [0.5, 0.6) is 0 Å². The van der Waals surface area contributed by atoms with Crippen LogP contribution in [0, 0.1) is 11.6 Å². The van der Waals surface area contributed by atoms with Crippen LogP contribution in [0.3, 0.4) is 0 Å². The van der Waals surface area contributed by atoms with Crippen LogP contribution < -0.4 is 10.5 Å². The van der Waals surface area contributed by atoms with Gasteiger partial charge in [0, 0.05) is 5.75 Å². The highest BCUT2D eigenvalue weighted by atomic mass is 32.2. The fourth-order valence-electron chi connectivity index (χ4n) is 2.67. The first-order valence-corrected chi connectivity index (χ1v) is 10.2. The molecule has 1 aliphatic rings. The van der Waals surface area contributed by atoms with Crippen LogP contribution in [-0.2, 0) is 15.6 Å². The Kier molecular flexibility index (Phi) is 4.94. The fourth-order valence-corrected chi connectivity index (χ4v) is 4.73. The lowest BCUT2D eigenvalue weighted by Gasteiger charge is -2.30. The van der Waals surface area contributed by atoms with E-state index < -0.39 is 27.2 Å². The Morgan fingerprint density at radius 3 is 2.69 bits per heavy atom. The molecule has 0 radical (unpaired) electrons. The van der Waals surface area contributed by atoms with Crippen molar-refractivity contribution < 1.29 is 17.2 Å². The summed E-state index contributed by atoms with van der Waals surface area (Å²) >= 11 is 1.44. The number of nitrogens with zero attached hydrogens (tertiary/aromatic N) is 1. The standard InChI is InChI=1S/C17H17F2N3O2S2/c1-17(7-8-25-16(20)21-17)11-5-6-14(19)15(9-11)22-26(23,24)13-4-2-3-12(18)10-13/h2-6,9-10,22H,7-8H2,1H3,(H2,20,21). The van der Waals surface area contributed by atoms with Crippen molar-refractivity contribution in [1.29, 1.82) is 0 Å². The molecule has 3 rings (SSSR count). The molecular formula is C17H17F2N3O2S2. The molecule has 5 nitrogen and oxygen atoms in total. The summed E-state index contributed by atoms with van der Waals surface area (Å²) in [5.41, 5.74) is 5.55. The lowest BCUT2D eigenvalue weighted by molar-refractivity contribution is 0.481. The van der Waals surface area contributed by atoms with Crippen LogP contribution in [-0.4, -0.2) is 19.3 Å². The molecule has 2 aromatic carbocycles. The summed E-state index contributed by atoms with van der Waals surface area (Å²) in [6, 6.07) is 8.64. The van der Waals surface area contributed by atoms with Crippen LogP contribution in [0.2, 0.25) is 0 Å². The second kappa shape index (κ2) is 6.88. The van der Waals surface area contributed by atoms with Gasteiger partial charge < -0.3 is 5.73 Å². The highest BCUT2D eigenvalue weighted by Crippen LogP contribution is 2.36. The third-order valence-electron chi connectivity index (χ3n) is 4.13. The molecule has 0 bridgehead atoms. The zero-order chi connectivity index (χ0) is 18.9. The molecule has 26 heavy (non-hydrogen) atoms. The van der Waals surface area contributed by atoms with E-state index in [-0.39, 0.29) is 10.6 Å². The molecule has 3 N–H and O–H groups in total. The number of hydrogen-bond donors (Lipinski definition) is 2. The summed E-state index contributed by atoms with van der Waals surface area (Å²) in [7, 11) is -4.13. The third kappa shape index (κ3) is 3.83. The van der Waals surface area contributed by atoms with Gasteiger partial charge in [0.15, 0.2) is 5.17 Å². The summed E-state index contributed by atoms with van der Waals surface area (Å²) < 4.78 is 54.6. The fraction of sp³-hybridized carbons (Fsp3) is 0.235. The zero-order valence-corrected chi connectivity index (χ0v) is 15.5. The van der Waals surface area contributed by atoms with Crippen molar-refractivity contribution in [2.24, 2.45) is 10.7 Å². The van der Waals surface area contributed by atoms with E-state index in [1.54, 1.807) is 6.07 Å². The van der Waals surface area contributed by atoms with E-state index in [2.05, 4.69) is 9.71 Å². The molecule has 0 fully saturated rings. The topological polar surface area (TPSA) is 84.5 Å². The van der Waals surface area contributed by atoms with Crippen molar-refractivity contribution in [2.45, 2.75) is 23.8 Å². The van der Waals surface area contributed by atoms with Gasteiger partial charge in [-0.15, -0.1) is 0 Å². The number of nitrogens with one attached hydrogen (secondary N) is 1. The van der Waals surface area contributed by atoms with Gasteiger partial charge in [-0.05, 0) is 49.2 Å². The SMILES string of the molecule is CC1(c2ccc(F)c(NS(=O)(=O)c3cccc(F)c3)c2)CCSC(N)=N1. The predicted molar refractivity (Wildman–Crippen MR) is 99.7 cm³/mol. The maximum absolute atomic E-state index is 14.2. The second-order valence-electron chi connectivity index (χ2n) is 6.08. The van der Waals surface area contributed by atoms with Crippen molar-refractivity contribution in [1.82, 2.24) is 0 Å². The molecule has 1 heterocycles. The largest absolute Gasteiger partial charge is 0.379 e. The Morgan fingerprint density at radius 1 is 1.23 bits per heavy atom. The van der Waals surface area contributed by atoms with Crippen molar-refractivity contribution in [3.05, 3.63) is 59.7 Å². The average Bonchev–Trinajstić information content (AvgIpc) is 2.56. The number of sulfonamides is 1. The molecule has 0 spiro atoms. The van der Waals surface area contributed by atoms with Gasteiger partial charge in [0.05, 0.1) is 16.1 Å². The maximum Gasteiger partial charge on any atom is 0.262 e. The quantitative estimate of drug-likeness (QED) is 0.828. The number of benzene rings is 2. The Hall–Kier alpha value is -2.13. The number of rotatable bonds is 4. The first-order chi connectivity index (χ1) is 12.2. The van der Waals surface area contributed by atoms with Gasteiger partial charge in [0.25, 0.3) is 10.0 Å². The lowest BCUT2D eigenvalue weighted by atomic mass is 9.89. The van der Waals surface area contributed by atoms with E-state index in [9.17, 15) is 17.2 Å². The molecule has 0 saturated carbocycles. The first-order valence-electron chi connectivity index (χ1n) is 7.76. The van der Waals surface area contributed by atoms with Gasteiger partial charge >= 0.3 is 0 Å². The predicted octanol–water partition coefficient (Wildman–Crippen LogP) is 3.43. The van der Waals surface area contributed by atoms with E-state index in [4.69, 9.17) is 5.73 Å². The summed E-state index contributed by atoms with van der Waals surface area (Å²) in [5, 5.41) is 0.435. The molecule has 1 aliphatic heterocycles. The normalized spacial score (nSPS) is 20.5. The van der Waals surface area contributed by atoms with Crippen molar-refractivity contribution in [3.63, 3.8) is 0 Å². The Bertz CT molecular complexity index is 980. The molecule has 2 aromatic rings. The molecule has 0 amide bonds. The summed E-state index contributed by atoms with van der Waals surface area (Å²) in [6.07, 6.45) is 0.681. The first kappa shape index (κ1) is 18.7. The van der Waals surface area contributed by atoms with Crippen LogP contribution in [0.4, 0.5) is 14.5 Å². The van der Waals surface area contributed by atoms with Crippen molar-refractivity contribution in [3.8, 4) is 0 Å². The van der Waals surface area contributed by atoms with E-state index in [1.165, 1.54) is 36.0 Å². The number of amidine groups is 1. The van der Waals surface area contributed by atoms with E-state index in [0.29, 0.717) is 17.2 Å².